The van der Waals surface area contributed by atoms with Gasteiger partial charge in [-0.1, -0.05) is 0 Å². The van der Waals surface area contributed by atoms with Gasteiger partial charge in [-0.15, -0.1) is 0 Å². The van der Waals surface area contributed by atoms with Crippen LogP contribution in [0.4, 0.5) is 0 Å². The zero-order chi connectivity index (χ0) is 8.10. The van der Waals surface area contributed by atoms with Crippen LogP contribution in [0.5, 0.6) is 0 Å². The SMILES string of the molecule is COC(=O)CCC1COCO1. The van der Waals surface area contributed by atoms with Gasteiger partial charge < -0.3 is 14.2 Å². The van der Waals surface area contributed by atoms with Crippen molar-refractivity contribution in [2.75, 3.05) is 20.5 Å². The van der Waals surface area contributed by atoms with Crippen LogP contribution in [-0.2, 0) is 19.0 Å². The fraction of sp³-hybridized carbons (Fsp3) is 0.857. The minimum absolute atomic E-state index is 0.0779. The fourth-order valence-corrected chi connectivity index (χ4v) is 0.920. The van der Waals surface area contributed by atoms with Gasteiger partial charge in [-0.05, 0) is 6.42 Å². The summed E-state index contributed by atoms with van der Waals surface area (Å²) < 4.78 is 14.5. The van der Waals surface area contributed by atoms with E-state index in [0.717, 1.165) is 0 Å². The van der Waals surface area contributed by atoms with Crippen molar-refractivity contribution < 1.29 is 19.0 Å². The maximum Gasteiger partial charge on any atom is 0.305 e. The predicted octanol–water partition coefficient (Wildman–Crippen LogP) is 0.312. The molecule has 4 heteroatoms. The lowest BCUT2D eigenvalue weighted by Gasteiger charge is -2.04. The first-order chi connectivity index (χ1) is 5.33. The van der Waals surface area contributed by atoms with E-state index in [1.165, 1.54) is 7.11 Å². The highest BCUT2D eigenvalue weighted by Gasteiger charge is 2.16. The molecule has 0 amide bonds. The van der Waals surface area contributed by atoms with Gasteiger partial charge in [0.15, 0.2) is 0 Å². The minimum Gasteiger partial charge on any atom is -0.469 e. The van der Waals surface area contributed by atoms with E-state index >= 15 is 0 Å². The molecular formula is C7H12O4. The smallest absolute Gasteiger partial charge is 0.305 e. The standard InChI is InChI=1S/C7H12O4/c1-9-7(8)3-2-6-4-10-5-11-6/h6H,2-5H2,1H3. The lowest BCUT2D eigenvalue weighted by atomic mass is 10.2. The van der Waals surface area contributed by atoms with E-state index in [1.54, 1.807) is 0 Å². The normalized spacial score (nSPS) is 23.5. The molecule has 0 bridgehead atoms. The lowest BCUT2D eigenvalue weighted by molar-refractivity contribution is -0.141. The third-order valence-electron chi connectivity index (χ3n) is 1.59. The number of ether oxygens (including phenoxy) is 3. The third-order valence-corrected chi connectivity index (χ3v) is 1.59. The van der Waals surface area contributed by atoms with E-state index < -0.39 is 0 Å². The number of hydrogen-bond acceptors (Lipinski definition) is 4. The number of carbonyl (C=O) groups is 1. The van der Waals surface area contributed by atoms with Gasteiger partial charge in [0.25, 0.3) is 0 Å². The molecule has 4 nitrogen and oxygen atoms in total. The summed E-state index contributed by atoms with van der Waals surface area (Å²) in [6.07, 6.45) is 1.17. The summed E-state index contributed by atoms with van der Waals surface area (Å²) in [6.45, 7) is 0.947. The Bertz CT molecular complexity index is 128. The Morgan fingerprint density at radius 1 is 1.73 bits per heavy atom. The Labute approximate surface area is 65.4 Å². The average Bonchev–Trinajstić information content (AvgIpc) is 2.52. The summed E-state index contributed by atoms with van der Waals surface area (Å²) >= 11 is 0. The van der Waals surface area contributed by atoms with Crippen LogP contribution in [0.1, 0.15) is 12.8 Å². The highest BCUT2D eigenvalue weighted by molar-refractivity contribution is 5.69. The molecule has 1 aliphatic heterocycles. The first kappa shape index (κ1) is 8.49. The highest BCUT2D eigenvalue weighted by Crippen LogP contribution is 2.09. The first-order valence-corrected chi connectivity index (χ1v) is 3.59. The van der Waals surface area contributed by atoms with Crippen molar-refractivity contribution in [1.82, 2.24) is 0 Å². The zero-order valence-electron chi connectivity index (χ0n) is 6.54. The molecule has 0 aliphatic carbocycles. The molecule has 1 rings (SSSR count). The number of methoxy groups -OCH3 is 1. The number of rotatable bonds is 3. The van der Waals surface area contributed by atoms with Crippen LogP contribution in [0.2, 0.25) is 0 Å². The minimum atomic E-state index is -0.194. The molecular weight excluding hydrogens is 148 g/mol. The van der Waals surface area contributed by atoms with E-state index in [1.807, 2.05) is 0 Å². The molecule has 1 unspecified atom stereocenters. The summed E-state index contributed by atoms with van der Waals surface area (Å²) in [4.78, 5) is 10.6. The van der Waals surface area contributed by atoms with Crippen LogP contribution < -0.4 is 0 Å². The Balaban J connectivity index is 2.06. The molecule has 1 atom stereocenters. The third kappa shape index (κ3) is 2.86. The Morgan fingerprint density at radius 3 is 3.09 bits per heavy atom. The second-order valence-electron chi connectivity index (χ2n) is 2.39. The summed E-state index contributed by atoms with van der Waals surface area (Å²) in [5.41, 5.74) is 0. The van der Waals surface area contributed by atoms with Crippen molar-refractivity contribution >= 4 is 5.97 Å². The summed E-state index contributed by atoms with van der Waals surface area (Å²) in [5, 5.41) is 0. The molecule has 1 heterocycles. The first-order valence-electron chi connectivity index (χ1n) is 3.59. The molecule has 0 aromatic rings. The van der Waals surface area contributed by atoms with Crippen LogP contribution in [0.3, 0.4) is 0 Å². The molecule has 1 fully saturated rings. The van der Waals surface area contributed by atoms with E-state index in [4.69, 9.17) is 9.47 Å². The molecule has 0 aromatic carbocycles. The van der Waals surface area contributed by atoms with Crippen LogP contribution in [0.15, 0.2) is 0 Å². The molecule has 0 N–H and O–H groups in total. The quantitative estimate of drug-likeness (QED) is 0.557. The lowest BCUT2D eigenvalue weighted by Crippen LogP contribution is -2.12. The van der Waals surface area contributed by atoms with E-state index in [2.05, 4.69) is 4.74 Å². The van der Waals surface area contributed by atoms with E-state index in [9.17, 15) is 4.79 Å². The second kappa shape index (κ2) is 4.31. The fourth-order valence-electron chi connectivity index (χ4n) is 0.920. The van der Waals surface area contributed by atoms with E-state index in [0.29, 0.717) is 26.2 Å². The topological polar surface area (TPSA) is 44.8 Å². The van der Waals surface area contributed by atoms with Crippen LogP contribution >= 0.6 is 0 Å². The van der Waals surface area contributed by atoms with Crippen molar-refractivity contribution in [3.63, 3.8) is 0 Å². The van der Waals surface area contributed by atoms with Crippen molar-refractivity contribution in [2.45, 2.75) is 18.9 Å². The summed E-state index contributed by atoms with van der Waals surface area (Å²) in [6, 6.07) is 0. The van der Waals surface area contributed by atoms with Crippen molar-refractivity contribution in [3.05, 3.63) is 0 Å². The number of hydrogen-bond donors (Lipinski definition) is 0. The van der Waals surface area contributed by atoms with Gasteiger partial charge in [0.1, 0.15) is 6.79 Å². The highest BCUT2D eigenvalue weighted by atomic mass is 16.7. The van der Waals surface area contributed by atoms with Gasteiger partial charge >= 0.3 is 5.97 Å². The van der Waals surface area contributed by atoms with Crippen LogP contribution in [0.25, 0.3) is 0 Å². The molecule has 0 spiro atoms. The average molecular weight is 160 g/mol. The maximum atomic E-state index is 10.6. The molecule has 64 valence electrons. The molecule has 1 saturated heterocycles. The van der Waals surface area contributed by atoms with Crippen molar-refractivity contribution in [3.8, 4) is 0 Å². The Morgan fingerprint density at radius 2 is 2.55 bits per heavy atom. The largest absolute Gasteiger partial charge is 0.469 e. The van der Waals surface area contributed by atoms with Gasteiger partial charge in [-0.3, -0.25) is 4.79 Å². The van der Waals surface area contributed by atoms with Gasteiger partial charge in [0.2, 0.25) is 0 Å². The van der Waals surface area contributed by atoms with Gasteiger partial charge in [0.05, 0.1) is 19.8 Å². The van der Waals surface area contributed by atoms with Crippen LogP contribution in [0, 0.1) is 0 Å². The number of carbonyl (C=O) groups excluding carboxylic acids is 1. The van der Waals surface area contributed by atoms with Crippen LogP contribution in [-0.4, -0.2) is 32.6 Å². The molecule has 0 radical (unpaired) electrons. The summed E-state index contributed by atoms with van der Waals surface area (Å²) in [7, 11) is 1.38. The molecule has 1 aliphatic rings. The van der Waals surface area contributed by atoms with Gasteiger partial charge in [-0.2, -0.15) is 0 Å². The Hall–Kier alpha value is -0.610. The molecule has 0 saturated carbocycles. The van der Waals surface area contributed by atoms with Crippen molar-refractivity contribution in [2.24, 2.45) is 0 Å². The van der Waals surface area contributed by atoms with E-state index in [-0.39, 0.29) is 12.1 Å². The second-order valence-corrected chi connectivity index (χ2v) is 2.39. The van der Waals surface area contributed by atoms with Crippen molar-refractivity contribution in [1.29, 1.82) is 0 Å². The predicted molar refractivity (Wildman–Crippen MR) is 36.9 cm³/mol. The number of esters is 1. The molecule has 0 aromatic heterocycles. The zero-order valence-corrected chi connectivity index (χ0v) is 6.54. The monoisotopic (exact) mass is 160 g/mol. The molecule has 11 heavy (non-hydrogen) atoms. The maximum absolute atomic E-state index is 10.6. The Kier molecular flexibility index (Phi) is 3.32. The summed E-state index contributed by atoms with van der Waals surface area (Å²) in [5.74, 6) is -0.194. The van der Waals surface area contributed by atoms with Gasteiger partial charge in [-0.25, -0.2) is 0 Å². The van der Waals surface area contributed by atoms with Gasteiger partial charge in [0, 0.05) is 6.42 Å².